The second-order valence-electron chi connectivity index (χ2n) is 7.99. The average Bonchev–Trinajstić information content (AvgIpc) is 3.38. The molecule has 2 unspecified atom stereocenters. The Labute approximate surface area is 204 Å². The maximum absolute atomic E-state index is 12.5. The van der Waals surface area contributed by atoms with Crippen LogP contribution in [0.15, 0.2) is 84.9 Å². The molecule has 0 bridgehead atoms. The maximum Gasteiger partial charge on any atom is 0.308 e. The summed E-state index contributed by atoms with van der Waals surface area (Å²) in [5, 5.41) is 16.3. The first-order valence-corrected chi connectivity index (χ1v) is 11.6. The van der Waals surface area contributed by atoms with Gasteiger partial charge < -0.3 is 9.47 Å². The molecule has 1 heterocycles. The third-order valence-corrected chi connectivity index (χ3v) is 5.72. The van der Waals surface area contributed by atoms with Crippen molar-refractivity contribution in [3.8, 4) is 5.75 Å². The quantitative estimate of drug-likeness (QED) is 0.329. The first-order valence-electron chi connectivity index (χ1n) is 11.6. The van der Waals surface area contributed by atoms with Gasteiger partial charge in [-0.15, -0.1) is 5.10 Å². The van der Waals surface area contributed by atoms with Crippen LogP contribution in [-0.4, -0.2) is 39.9 Å². The Bertz CT molecular complexity index is 1200. The lowest BCUT2D eigenvalue weighted by molar-refractivity contribution is -0.143. The number of esters is 1. The summed E-state index contributed by atoms with van der Waals surface area (Å²) in [6.07, 6.45) is 0.115. The third-order valence-electron chi connectivity index (χ3n) is 5.72. The van der Waals surface area contributed by atoms with Crippen molar-refractivity contribution < 1.29 is 14.3 Å². The van der Waals surface area contributed by atoms with Gasteiger partial charge in [0, 0.05) is 6.54 Å². The van der Waals surface area contributed by atoms with Crippen molar-refractivity contribution >= 4 is 5.97 Å². The van der Waals surface area contributed by atoms with Crippen LogP contribution >= 0.6 is 0 Å². The SMILES string of the molecule is CCOC(=O)CC(c1ccccc1)n1nnnc1C(NCc1ccccc1)c1ccc(OC)cc1. The van der Waals surface area contributed by atoms with E-state index in [1.165, 1.54) is 0 Å². The number of nitrogens with one attached hydrogen (secondary N) is 1. The summed E-state index contributed by atoms with van der Waals surface area (Å²) in [5.41, 5.74) is 3.03. The molecule has 4 aromatic rings. The molecule has 0 amide bonds. The van der Waals surface area contributed by atoms with Crippen LogP contribution in [0.1, 0.15) is 47.9 Å². The number of nitrogens with zero attached hydrogens (tertiary/aromatic N) is 4. The van der Waals surface area contributed by atoms with Gasteiger partial charge in [-0.05, 0) is 46.2 Å². The topological polar surface area (TPSA) is 91.2 Å². The van der Waals surface area contributed by atoms with E-state index in [9.17, 15) is 4.79 Å². The second-order valence-corrected chi connectivity index (χ2v) is 7.99. The molecule has 0 aliphatic rings. The molecule has 35 heavy (non-hydrogen) atoms. The molecule has 3 aromatic carbocycles. The van der Waals surface area contributed by atoms with Gasteiger partial charge in [0.05, 0.1) is 32.2 Å². The Morgan fingerprint density at radius 1 is 0.943 bits per heavy atom. The molecule has 8 heteroatoms. The molecular weight excluding hydrogens is 442 g/mol. The summed E-state index contributed by atoms with van der Waals surface area (Å²) in [5.74, 6) is 1.06. The summed E-state index contributed by atoms with van der Waals surface area (Å²) < 4.78 is 12.3. The predicted octanol–water partition coefficient (Wildman–Crippen LogP) is 4.10. The van der Waals surface area contributed by atoms with Crippen LogP contribution in [0.3, 0.4) is 0 Å². The smallest absolute Gasteiger partial charge is 0.308 e. The normalized spacial score (nSPS) is 12.6. The molecule has 0 saturated heterocycles. The van der Waals surface area contributed by atoms with E-state index >= 15 is 0 Å². The van der Waals surface area contributed by atoms with Crippen LogP contribution in [0, 0.1) is 0 Å². The third kappa shape index (κ3) is 6.10. The van der Waals surface area contributed by atoms with Crippen LogP contribution in [0.25, 0.3) is 0 Å². The van der Waals surface area contributed by atoms with E-state index in [4.69, 9.17) is 9.47 Å². The molecule has 0 spiro atoms. The fourth-order valence-electron chi connectivity index (χ4n) is 3.98. The summed E-state index contributed by atoms with van der Waals surface area (Å²) in [7, 11) is 1.64. The molecule has 0 aliphatic carbocycles. The number of hydrogen-bond acceptors (Lipinski definition) is 7. The molecule has 1 N–H and O–H groups in total. The largest absolute Gasteiger partial charge is 0.497 e. The van der Waals surface area contributed by atoms with Gasteiger partial charge in [-0.25, -0.2) is 4.68 Å². The Morgan fingerprint density at radius 2 is 1.63 bits per heavy atom. The molecule has 2 atom stereocenters. The number of aromatic nitrogens is 4. The molecule has 0 radical (unpaired) electrons. The van der Waals surface area contributed by atoms with Crippen molar-refractivity contribution in [3.05, 3.63) is 107 Å². The molecular formula is C27H29N5O3. The number of carbonyl (C=O) groups excluding carboxylic acids is 1. The van der Waals surface area contributed by atoms with Gasteiger partial charge in [0.2, 0.25) is 0 Å². The summed E-state index contributed by atoms with van der Waals surface area (Å²) >= 11 is 0. The number of benzene rings is 3. The Hall–Kier alpha value is -4.04. The molecule has 1 aromatic heterocycles. The molecule has 0 saturated carbocycles. The van der Waals surface area contributed by atoms with E-state index in [1.807, 2.05) is 72.8 Å². The fourth-order valence-corrected chi connectivity index (χ4v) is 3.98. The molecule has 180 valence electrons. The summed E-state index contributed by atoms with van der Waals surface area (Å²) in [6, 6.07) is 26.9. The van der Waals surface area contributed by atoms with Crippen molar-refractivity contribution in [2.75, 3.05) is 13.7 Å². The number of hydrogen-bond donors (Lipinski definition) is 1. The molecule has 4 rings (SSSR count). The van der Waals surface area contributed by atoms with Crippen LogP contribution in [0.4, 0.5) is 0 Å². The van der Waals surface area contributed by atoms with E-state index in [0.717, 1.165) is 22.4 Å². The van der Waals surface area contributed by atoms with E-state index in [1.54, 1.807) is 18.7 Å². The van der Waals surface area contributed by atoms with Crippen molar-refractivity contribution in [2.45, 2.75) is 32.0 Å². The zero-order valence-corrected chi connectivity index (χ0v) is 19.9. The minimum absolute atomic E-state index is 0.115. The van der Waals surface area contributed by atoms with Gasteiger partial charge in [0.15, 0.2) is 5.82 Å². The number of ether oxygens (including phenoxy) is 2. The highest BCUT2D eigenvalue weighted by molar-refractivity contribution is 5.70. The fraction of sp³-hybridized carbons (Fsp3) is 0.259. The first kappa shape index (κ1) is 24.1. The first-order chi connectivity index (χ1) is 17.2. The van der Waals surface area contributed by atoms with Crippen LogP contribution in [-0.2, 0) is 16.1 Å². The van der Waals surface area contributed by atoms with E-state index in [-0.39, 0.29) is 18.4 Å². The van der Waals surface area contributed by atoms with Crippen LogP contribution in [0.2, 0.25) is 0 Å². The Morgan fingerprint density at radius 3 is 2.29 bits per heavy atom. The number of rotatable bonds is 11. The maximum atomic E-state index is 12.5. The minimum Gasteiger partial charge on any atom is -0.497 e. The van der Waals surface area contributed by atoms with E-state index in [2.05, 4.69) is 33.0 Å². The van der Waals surface area contributed by atoms with Gasteiger partial charge in [0.25, 0.3) is 0 Å². The van der Waals surface area contributed by atoms with Gasteiger partial charge in [-0.3, -0.25) is 10.1 Å². The van der Waals surface area contributed by atoms with Gasteiger partial charge in [-0.2, -0.15) is 0 Å². The summed E-state index contributed by atoms with van der Waals surface area (Å²) in [4.78, 5) is 12.5. The van der Waals surface area contributed by atoms with Crippen molar-refractivity contribution in [1.82, 2.24) is 25.5 Å². The zero-order chi connectivity index (χ0) is 24.5. The number of tetrazole rings is 1. The monoisotopic (exact) mass is 471 g/mol. The Kier molecular flexibility index (Phi) is 8.19. The lowest BCUT2D eigenvalue weighted by Crippen LogP contribution is -2.28. The average molecular weight is 472 g/mol. The summed E-state index contributed by atoms with van der Waals surface area (Å²) in [6.45, 7) is 2.72. The standard InChI is InChI=1S/C27H29N5O3/c1-3-35-25(33)18-24(21-12-8-5-9-13-21)32-27(29-30-31-32)26(22-14-16-23(34-2)17-15-22)28-19-20-10-6-4-7-11-20/h4-17,24,26,28H,3,18-19H2,1-2H3. The van der Waals surface area contributed by atoms with Gasteiger partial charge >= 0.3 is 5.97 Å². The highest BCUT2D eigenvalue weighted by Crippen LogP contribution is 2.29. The van der Waals surface area contributed by atoms with Crippen molar-refractivity contribution in [1.29, 1.82) is 0 Å². The zero-order valence-electron chi connectivity index (χ0n) is 19.9. The van der Waals surface area contributed by atoms with Crippen LogP contribution < -0.4 is 10.1 Å². The van der Waals surface area contributed by atoms with Crippen molar-refractivity contribution in [3.63, 3.8) is 0 Å². The number of methoxy groups -OCH3 is 1. The minimum atomic E-state index is -0.417. The number of carbonyl (C=O) groups is 1. The van der Waals surface area contributed by atoms with Crippen molar-refractivity contribution in [2.24, 2.45) is 0 Å². The van der Waals surface area contributed by atoms with E-state index < -0.39 is 6.04 Å². The Balaban J connectivity index is 1.72. The highest BCUT2D eigenvalue weighted by atomic mass is 16.5. The molecule has 0 fully saturated rings. The lowest BCUT2D eigenvalue weighted by Gasteiger charge is -2.23. The van der Waals surface area contributed by atoms with Gasteiger partial charge in [-0.1, -0.05) is 72.8 Å². The molecule has 0 aliphatic heterocycles. The predicted molar refractivity (Wildman–Crippen MR) is 132 cm³/mol. The highest BCUT2D eigenvalue weighted by Gasteiger charge is 2.28. The van der Waals surface area contributed by atoms with E-state index in [0.29, 0.717) is 19.0 Å². The lowest BCUT2D eigenvalue weighted by atomic mass is 10.0. The van der Waals surface area contributed by atoms with Crippen LogP contribution in [0.5, 0.6) is 5.75 Å². The van der Waals surface area contributed by atoms with Gasteiger partial charge in [0.1, 0.15) is 5.75 Å². The second kappa shape index (κ2) is 11.9. The molecule has 8 nitrogen and oxygen atoms in total.